The van der Waals surface area contributed by atoms with E-state index in [0.717, 1.165) is 43.8 Å². The molecule has 1 aliphatic heterocycles. The summed E-state index contributed by atoms with van der Waals surface area (Å²) in [4.78, 5) is 14.9. The highest BCUT2D eigenvalue weighted by atomic mass is 35.5. The number of sulfone groups is 1. The molecule has 8 nitrogen and oxygen atoms in total. The van der Waals surface area contributed by atoms with Crippen LogP contribution in [0, 0.1) is 0 Å². The van der Waals surface area contributed by atoms with E-state index in [-0.39, 0.29) is 16.6 Å². The molecule has 168 valence electrons. The molecule has 1 N–H and O–H groups in total. The molecule has 1 saturated heterocycles. The van der Waals surface area contributed by atoms with E-state index in [0.29, 0.717) is 15.9 Å². The summed E-state index contributed by atoms with van der Waals surface area (Å²) in [6.07, 6.45) is 3.35. The summed E-state index contributed by atoms with van der Waals surface area (Å²) in [7, 11) is -3.28. The summed E-state index contributed by atoms with van der Waals surface area (Å²) in [5.41, 5.74) is 1.36. The average molecular weight is 492 g/mol. The van der Waals surface area contributed by atoms with Crippen LogP contribution in [0.3, 0.4) is 0 Å². The van der Waals surface area contributed by atoms with Gasteiger partial charge in [-0.2, -0.15) is 0 Å². The lowest BCUT2D eigenvalue weighted by atomic mass is 10.3. The van der Waals surface area contributed by atoms with Crippen LogP contribution in [-0.2, 0) is 14.6 Å². The predicted octanol–water partition coefficient (Wildman–Crippen LogP) is 3.66. The van der Waals surface area contributed by atoms with Gasteiger partial charge in [0.05, 0.1) is 16.3 Å². The van der Waals surface area contributed by atoms with E-state index in [2.05, 4.69) is 20.4 Å². The zero-order chi connectivity index (χ0) is 22.7. The Hall–Kier alpha value is -2.56. The summed E-state index contributed by atoms with van der Waals surface area (Å²) in [6, 6.07) is 13.5. The van der Waals surface area contributed by atoms with Crippen LogP contribution in [0.4, 0.5) is 11.6 Å². The van der Waals surface area contributed by atoms with Crippen molar-refractivity contribution in [2.75, 3.05) is 35.3 Å². The van der Waals surface area contributed by atoms with Crippen molar-refractivity contribution in [1.29, 1.82) is 0 Å². The molecule has 1 amide bonds. The second kappa shape index (κ2) is 9.51. The highest BCUT2D eigenvalue weighted by Gasteiger charge is 2.23. The Morgan fingerprint density at radius 1 is 1.12 bits per heavy atom. The van der Waals surface area contributed by atoms with Crippen molar-refractivity contribution in [3.63, 3.8) is 0 Å². The molecule has 11 heteroatoms. The molecule has 0 unspecified atom stereocenters. The third kappa shape index (κ3) is 5.25. The van der Waals surface area contributed by atoms with Gasteiger partial charge in [0, 0.05) is 30.1 Å². The largest absolute Gasteiger partial charge is 0.341 e. The fourth-order valence-corrected chi connectivity index (χ4v) is 4.99. The number of amides is 1. The van der Waals surface area contributed by atoms with Gasteiger partial charge in [-0.05, 0) is 55.3 Å². The molecule has 2 aromatic carbocycles. The Labute approximate surface area is 195 Å². The molecule has 2 heterocycles. The van der Waals surface area contributed by atoms with Gasteiger partial charge in [-0.3, -0.25) is 9.36 Å². The maximum atomic E-state index is 12.5. The van der Waals surface area contributed by atoms with E-state index in [1.807, 2.05) is 22.8 Å². The third-order valence-corrected chi connectivity index (χ3v) is 7.26. The molecule has 1 aliphatic rings. The molecular formula is C21H22ClN5O3S2. The van der Waals surface area contributed by atoms with Crippen LogP contribution < -0.4 is 10.2 Å². The fourth-order valence-electron chi connectivity index (χ4n) is 3.43. The predicted molar refractivity (Wildman–Crippen MR) is 127 cm³/mol. The van der Waals surface area contributed by atoms with Gasteiger partial charge in [-0.25, -0.2) is 8.42 Å². The van der Waals surface area contributed by atoms with Crippen LogP contribution in [0.15, 0.2) is 58.6 Å². The standard InChI is InChI=1S/C21H22ClN5O3S2/c1-32(29,30)18-9-7-16(8-10-18)23-19(28)14-31-21-25-24-20(26-11-2-3-12-26)27(21)17-6-4-5-15(22)13-17/h4-10,13H,2-3,11-12,14H2,1H3,(H,23,28). The number of anilines is 2. The Bertz CT molecular complexity index is 1220. The van der Waals surface area contributed by atoms with E-state index in [1.54, 1.807) is 18.2 Å². The highest BCUT2D eigenvalue weighted by Crippen LogP contribution is 2.29. The van der Waals surface area contributed by atoms with E-state index in [1.165, 1.54) is 23.9 Å². The molecule has 0 saturated carbocycles. The number of carbonyl (C=O) groups excluding carboxylic acids is 1. The van der Waals surface area contributed by atoms with Gasteiger partial charge >= 0.3 is 0 Å². The molecule has 4 rings (SSSR count). The van der Waals surface area contributed by atoms with Gasteiger partial charge in [0.25, 0.3) is 0 Å². The number of thioether (sulfide) groups is 1. The highest BCUT2D eigenvalue weighted by molar-refractivity contribution is 7.99. The summed E-state index contributed by atoms with van der Waals surface area (Å²) >= 11 is 7.48. The monoisotopic (exact) mass is 491 g/mol. The van der Waals surface area contributed by atoms with Gasteiger partial charge in [0.2, 0.25) is 11.9 Å². The van der Waals surface area contributed by atoms with Crippen molar-refractivity contribution in [2.24, 2.45) is 0 Å². The van der Waals surface area contributed by atoms with Gasteiger partial charge in [-0.1, -0.05) is 29.4 Å². The summed E-state index contributed by atoms with van der Waals surface area (Å²) < 4.78 is 25.1. The number of aromatic nitrogens is 3. The second-order valence-corrected chi connectivity index (χ2v) is 10.8. The lowest BCUT2D eigenvalue weighted by Gasteiger charge is -2.18. The zero-order valence-electron chi connectivity index (χ0n) is 17.4. The number of carbonyl (C=O) groups is 1. The Morgan fingerprint density at radius 2 is 1.84 bits per heavy atom. The maximum Gasteiger partial charge on any atom is 0.234 e. The minimum Gasteiger partial charge on any atom is -0.341 e. The number of nitrogens with one attached hydrogen (secondary N) is 1. The van der Waals surface area contributed by atoms with Gasteiger partial charge < -0.3 is 10.2 Å². The average Bonchev–Trinajstić information content (AvgIpc) is 3.41. The van der Waals surface area contributed by atoms with Crippen molar-refractivity contribution in [3.8, 4) is 5.69 Å². The second-order valence-electron chi connectivity index (χ2n) is 7.43. The van der Waals surface area contributed by atoms with Crippen molar-refractivity contribution >= 4 is 50.7 Å². The molecular weight excluding hydrogens is 470 g/mol. The number of benzene rings is 2. The summed E-state index contributed by atoms with van der Waals surface area (Å²) in [5.74, 6) is 0.626. The van der Waals surface area contributed by atoms with E-state index < -0.39 is 9.84 Å². The van der Waals surface area contributed by atoms with Crippen LogP contribution in [0.1, 0.15) is 12.8 Å². The summed E-state index contributed by atoms with van der Waals surface area (Å²) in [6.45, 7) is 1.82. The first kappa shape index (κ1) is 22.6. The fraction of sp³-hybridized carbons (Fsp3) is 0.286. The Morgan fingerprint density at radius 3 is 2.50 bits per heavy atom. The van der Waals surface area contributed by atoms with Crippen LogP contribution in [0.5, 0.6) is 0 Å². The first-order valence-electron chi connectivity index (χ1n) is 10.0. The van der Waals surface area contributed by atoms with Gasteiger partial charge in [-0.15, -0.1) is 10.2 Å². The molecule has 0 bridgehead atoms. The van der Waals surface area contributed by atoms with E-state index in [9.17, 15) is 13.2 Å². The number of rotatable bonds is 7. The van der Waals surface area contributed by atoms with Crippen LogP contribution in [-0.4, -0.2) is 54.2 Å². The SMILES string of the molecule is CS(=O)(=O)c1ccc(NC(=O)CSc2nnc(N3CCCC3)n2-c2cccc(Cl)c2)cc1. The molecule has 1 fully saturated rings. The van der Waals surface area contributed by atoms with E-state index >= 15 is 0 Å². The number of hydrogen-bond acceptors (Lipinski definition) is 7. The van der Waals surface area contributed by atoms with Crippen LogP contribution in [0.25, 0.3) is 5.69 Å². The quantitative estimate of drug-likeness (QED) is 0.504. The van der Waals surface area contributed by atoms with Crippen LogP contribution in [0.2, 0.25) is 5.02 Å². The van der Waals surface area contributed by atoms with Crippen molar-refractivity contribution in [1.82, 2.24) is 14.8 Å². The molecule has 3 aromatic rings. The van der Waals surface area contributed by atoms with E-state index in [4.69, 9.17) is 11.6 Å². The molecule has 1 aromatic heterocycles. The molecule has 0 atom stereocenters. The molecule has 32 heavy (non-hydrogen) atoms. The number of halogens is 1. The van der Waals surface area contributed by atoms with Crippen molar-refractivity contribution < 1.29 is 13.2 Å². The van der Waals surface area contributed by atoms with Crippen molar-refractivity contribution in [3.05, 3.63) is 53.6 Å². The Kier molecular flexibility index (Phi) is 6.73. The van der Waals surface area contributed by atoms with Gasteiger partial charge in [0.1, 0.15) is 0 Å². The molecule has 0 spiro atoms. The van der Waals surface area contributed by atoms with Crippen LogP contribution >= 0.6 is 23.4 Å². The minimum absolute atomic E-state index is 0.118. The smallest absolute Gasteiger partial charge is 0.234 e. The lowest BCUT2D eigenvalue weighted by molar-refractivity contribution is -0.113. The minimum atomic E-state index is -3.28. The number of hydrogen-bond donors (Lipinski definition) is 1. The first-order chi connectivity index (χ1) is 15.3. The zero-order valence-corrected chi connectivity index (χ0v) is 19.8. The molecule has 0 aliphatic carbocycles. The third-order valence-electron chi connectivity index (χ3n) is 4.97. The van der Waals surface area contributed by atoms with Gasteiger partial charge in [0.15, 0.2) is 15.0 Å². The maximum absolute atomic E-state index is 12.5. The molecule has 0 radical (unpaired) electrons. The topological polar surface area (TPSA) is 97.2 Å². The Balaban J connectivity index is 1.50. The normalized spacial score (nSPS) is 14.0. The summed E-state index contributed by atoms with van der Waals surface area (Å²) in [5, 5.41) is 12.7. The number of nitrogens with zero attached hydrogens (tertiary/aromatic N) is 4. The first-order valence-corrected chi connectivity index (χ1v) is 13.3. The lowest BCUT2D eigenvalue weighted by Crippen LogP contribution is -2.22. The van der Waals surface area contributed by atoms with Crippen molar-refractivity contribution in [2.45, 2.75) is 22.9 Å².